The van der Waals surface area contributed by atoms with Gasteiger partial charge in [-0.1, -0.05) is 44.9 Å². The Morgan fingerprint density at radius 3 is 2.70 bits per heavy atom. The van der Waals surface area contributed by atoms with Crippen molar-refractivity contribution in [3.05, 3.63) is 35.6 Å². The van der Waals surface area contributed by atoms with Crippen LogP contribution in [0.15, 0.2) is 24.3 Å². The molecule has 1 N–H and O–H groups in total. The molecule has 1 aliphatic rings. The molecule has 2 heteroatoms. The Hall–Kier alpha value is -0.890. The Morgan fingerprint density at radius 2 is 2.00 bits per heavy atom. The minimum Gasteiger partial charge on any atom is -0.314 e. The van der Waals surface area contributed by atoms with Crippen molar-refractivity contribution >= 4 is 0 Å². The first kappa shape index (κ1) is 15.5. The first-order valence-electron chi connectivity index (χ1n) is 8.21. The SMILES string of the molecule is CCCC1CCC(NCC)C(Cc2ccccc2F)C1. The molecule has 0 amide bonds. The predicted octanol–water partition coefficient (Wildman–Crippen LogP) is 4.56. The molecule has 0 radical (unpaired) electrons. The van der Waals surface area contributed by atoms with Gasteiger partial charge in [0.15, 0.2) is 0 Å². The second-order valence-electron chi connectivity index (χ2n) is 6.19. The van der Waals surface area contributed by atoms with Crippen LogP contribution in [0.3, 0.4) is 0 Å². The topological polar surface area (TPSA) is 12.0 Å². The third-order valence-electron chi connectivity index (χ3n) is 4.69. The van der Waals surface area contributed by atoms with Crippen molar-refractivity contribution < 1.29 is 4.39 Å². The molecule has 20 heavy (non-hydrogen) atoms. The molecule has 0 aromatic heterocycles. The van der Waals surface area contributed by atoms with Gasteiger partial charge in [0.25, 0.3) is 0 Å². The van der Waals surface area contributed by atoms with Gasteiger partial charge in [0.1, 0.15) is 5.82 Å². The summed E-state index contributed by atoms with van der Waals surface area (Å²) in [5, 5.41) is 3.61. The fourth-order valence-corrected chi connectivity index (χ4v) is 3.73. The maximum atomic E-state index is 13.9. The van der Waals surface area contributed by atoms with Crippen LogP contribution in [-0.2, 0) is 6.42 Å². The molecule has 3 unspecified atom stereocenters. The van der Waals surface area contributed by atoms with Gasteiger partial charge >= 0.3 is 0 Å². The Morgan fingerprint density at radius 1 is 1.20 bits per heavy atom. The van der Waals surface area contributed by atoms with E-state index in [2.05, 4.69) is 19.2 Å². The highest BCUT2D eigenvalue weighted by Crippen LogP contribution is 2.34. The Bertz CT molecular complexity index is 404. The quantitative estimate of drug-likeness (QED) is 0.803. The van der Waals surface area contributed by atoms with Crippen LogP contribution in [0.2, 0.25) is 0 Å². The van der Waals surface area contributed by atoms with E-state index in [9.17, 15) is 4.39 Å². The summed E-state index contributed by atoms with van der Waals surface area (Å²) in [6, 6.07) is 7.83. The Labute approximate surface area is 123 Å². The molecule has 0 saturated heterocycles. The average molecular weight is 277 g/mol. The highest BCUT2D eigenvalue weighted by Gasteiger charge is 2.30. The maximum Gasteiger partial charge on any atom is 0.126 e. The number of benzene rings is 1. The highest BCUT2D eigenvalue weighted by atomic mass is 19.1. The summed E-state index contributed by atoms with van der Waals surface area (Å²) in [7, 11) is 0. The van der Waals surface area contributed by atoms with Crippen LogP contribution in [0, 0.1) is 17.7 Å². The number of halogens is 1. The van der Waals surface area contributed by atoms with Crippen LogP contribution in [0.5, 0.6) is 0 Å². The zero-order chi connectivity index (χ0) is 14.4. The van der Waals surface area contributed by atoms with E-state index >= 15 is 0 Å². The summed E-state index contributed by atoms with van der Waals surface area (Å²) in [5.74, 6) is 1.38. The molecule has 1 saturated carbocycles. The average Bonchev–Trinajstić information content (AvgIpc) is 2.45. The van der Waals surface area contributed by atoms with Gasteiger partial charge in [-0.2, -0.15) is 0 Å². The van der Waals surface area contributed by atoms with Crippen LogP contribution in [0.4, 0.5) is 4.39 Å². The summed E-state index contributed by atoms with van der Waals surface area (Å²) < 4.78 is 13.9. The van der Waals surface area contributed by atoms with Crippen LogP contribution >= 0.6 is 0 Å². The fraction of sp³-hybridized carbons (Fsp3) is 0.667. The number of nitrogens with one attached hydrogen (secondary N) is 1. The van der Waals surface area contributed by atoms with E-state index in [1.807, 2.05) is 12.1 Å². The van der Waals surface area contributed by atoms with Gasteiger partial charge in [0.05, 0.1) is 0 Å². The molecule has 1 aliphatic carbocycles. The largest absolute Gasteiger partial charge is 0.314 e. The van der Waals surface area contributed by atoms with Crippen molar-refractivity contribution in [3.8, 4) is 0 Å². The van der Waals surface area contributed by atoms with E-state index < -0.39 is 0 Å². The lowest BCUT2D eigenvalue weighted by Gasteiger charge is -2.37. The summed E-state index contributed by atoms with van der Waals surface area (Å²) >= 11 is 0. The molecule has 0 spiro atoms. The minimum atomic E-state index is -0.0413. The van der Waals surface area contributed by atoms with Gasteiger partial charge in [0, 0.05) is 6.04 Å². The summed E-state index contributed by atoms with van der Waals surface area (Å²) in [5.41, 5.74) is 0.887. The molecule has 1 nitrogen and oxygen atoms in total. The molecular weight excluding hydrogens is 249 g/mol. The lowest BCUT2D eigenvalue weighted by Crippen LogP contribution is -2.41. The second kappa shape index (κ2) is 7.78. The summed E-state index contributed by atoms with van der Waals surface area (Å²) in [6.45, 7) is 5.44. The van der Waals surface area contributed by atoms with Crippen molar-refractivity contribution in [1.82, 2.24) is 5.32 Å². The molecule has 0 aliphatic heterocycles. The van der Waals surface area contributed by atoms with Crippen LogP contribution in [0.1, 0.15) is 51.5 Å². The minimum absolute atomic E-state index is 0.0413. The van der Waals surface area contributed by atoms with Crippen molar-refractivity contribution in [2.45, 2.75) is 58.4 Å². The molecule has 112 valence electrons. The molecule has 1 aromatic rings. The molecule has 1 fully saturated rings. The Kier molecular flexibility index (Phi) is 6.03. The maximum absolute atomic E-state index is 13.9. The van der Waals surface area contributed by atoms with E-state index in [4.69, 9.17) is 0 Å². The summed E-state index contributed by atoms with van der Waals surface area (Å²) in [4.78, 5) is 0. The van der Waals surface area contributed by atoms with E-state index in [1.54, 1.807) is 12.1 Å². The smallest absolute Gasteiger partial charge is 0.126 e. The highest BCUT2D eigenvalue weighted by molar-refractivity contribution is 5.18. The first-order valence-corrected chi connectivity index (χ1v) is 8.21. The lowest BCUT2D eigenvalue weighted by molar-refractivity contribution is 0.194. The Balaban J connectivity index is 2.05. The van der Waals surface area contributed by atoms with E-state index in [0.717, 1.165) is 24.4 Å². The van der Waals surface area contributed by atoms with Crippen LogP contribution < -0.4 is 5.32 Å². The van der Waals surface area contributed by atoms with Gasteiger partial charge < -0.3 is 5.32 Å². The van der Waals surface area contributed by atoms with E-state index in [-0.39, 0.29) is 5.82 Å². The number of hydrogen-bond donors (Lipinski definition) is 1. The molecule has 0 bridgehead atoms. The lowest BCUT2D eigenvalue weighted by atomic mass is 9.74. The van der Waals surface area contributed by atoms with Gasteiger partial charge in [-0.25, -0.2) is 4.39 Å². The monoisotopic (exact) mass is 277 g/mol. The molecule has 0 heterocycles. The number of rotatable bonds is 6. The molecule has 1 aromatic carbocycles. The number of hydrogen-bond acceptors (Lipinski definition) is 1. The van der Waals surface area contributed by atoms with Gasteiger partial charge in [0.2, 0.25) is 0 Å². The van der Waals surface area contributed by atoms with Crippen molar-refractivity contribution in [3.63, 3.8) is 0 Å². The van der Waals surface area contributed by atoms with Crippen LogP contribution in [-0.4, -0.2) is 12.6 Å². The zero-order valence-corrected chi connectivity index (χ0v) is 12.9. The van der Waals surface area contributed by atoms with Crippen molar-refractivity contribution in [2.75, 3.05) is 6.54 Å². The molecule has 2 rings (SSSR count). The standard InChI is InChI=1S/C18H28FN/c1-3-7-14-10-11-18(20-4-2)16(12-14)13-15-8-5-6-9-17(15)19/h5-6,8-9,14,16,18,20H,3-4,7,10-13H2,1-2H3. The van der Waals surface area contributed by atoms with Gasteiger partial charge in [-0.05, 0) is 55.7 Å². The van der Waals surface area contributed by atoms with E-state index in [0.29, 0.717) is 12.0 Å². The fourth-order valence-electron chi connectivity index (χ4n) is 3.73. The normalized spacial score (nSPS) is 26.6. The van der Waals surface area contributed by atoms with Crippen molar-refractivity contribution in [2.24, 2.45) is 11.8 Å². The summed E-state index contributed by atoms with van der Waals surface area (Å²) in [6.07, 6.45) is 7.30. The first-order chi connectivity index (χ1) is 9.74. The van der Waals surface area contributed by atoms with E-state index in [1.165, 1.54) is 32.1 Å². The third kappa shape index (κ3) is 4.05. The molecule has 3 atom stereocenters. The third-order valence-corrected chi connectivity index (χ3v) is 4.69. The predicted molar refractivity (Wildman–Crippen MR) is 83.3 cm³/mol. The van der Waals surface area contributed by atoms with Crippen molar-refractivity contribution in [1.29, 1.82) is 0 Å². The zero-order valence-electron chi connectivity index (χ0n) is 12.9. The van der Waals surface area contributed by atoms with Gasteiger partial charge in [-0.3, -0.25) is 0 Å². The van der Waals surface area contributed by atoms with Crippen LogP contribution in [0.25, 0.3) is 0 Å². The van der Waals surface area contributed by atoms with Gasteiger partial charge in [-0.15, -0.1) is 0 Å². The second-order valence-corrected chi connectivity index (χ2v) is 6.19. The molecular formula is C18H28FN.